The molecule has 2 aromatic heterocycles. The zero-order chi connectivity index (χ0) is 40.8. The highest BCUT2D eigenvalue weighted by Gasteiger charge is 2.38. The van der Waals surface area contributed by atoms with Crippen LogP contribution < -0.4 is 20.5 Å². The number of alkyl halides is 6. The van der Waals surface area contributed by atoms with Crippen LogP contribution in [0.5, 0.6) is 5.75 Å². The molecule has 1 saturated heterocycles. The Balaban J connectivity index is 1.48. The number of anilines is 2. The molecular weight excluding hydrogens is 628 g/mol. The van der Waals surface area contributed by atoms with E-state index in [4.69, 9.17) is 20.4 Å². The van der Waals surface area contributed by atoms with Gasteiger partial charge in [-0.05, 0) is 24.6 Å². The minimum atomic E-state index is -5.15. The Morgan fingerprint density at radius 2 is 1.65 bits per heavy atom. The van der Waals surface area contributed by atoms with Crippen LogP contribution in [0.4, 0.5) is 38.0 Å². The maximum absolute atomic E-state index is 14.0. The van der Waals surface area contributed by atoms with Crippen molar-refractivity contribution in [2.24, 2.45) is 0 Å². The van der Waals surface area contributed by atoms with Crippen molar-refractivity contribution in [2.75, 3.05) is 56.5 Å². The van der Waals surface area contributed by atoms with Crippen molar-refractivity contribution in [2.45, 2.75) is 38.0 Å². The Labute approximate surface area is 269 Å². The lowest BCUT2D eigenvalue weighted by Gasteiger charge is -2.35. The summed E-state index contributed by atoms with van der Waals surface area (Å²) in [6, 6.07) is 5.03. The second kappa shape index (κ2) is 14.3. The van der Waals surface area contributed by atoms with E-state index in [-0.39, 0.29) is 23.8 Å². The quantitative estimate of drug-likeness (QED) is 0.294. The van der Waals surface area contributed by atoms with E-state index in [0.29, 0.717) is 16.0 Å². The number of halogens is 6. The molecule has 0 bridgehead atoms. The average Bonchev–Trinajstić information content (AvgIpc) is 3.04. The minimum Gasteiger partial charge on any atom is -0.497 e. The number of amides is 1. The van der Waals surface area contributed by atoms with Crippen LogP contribution in [0.2, 0.25) is 0 Å². The van der Waals surface area contributed by atoms with Gasteiger partial charge in [-0.25, -0.2) is 14.6 Å². The average molecular weight is 668 g/mol. The molecule has 2 atom stereocenters. The van der Waals surface area contributed by atoms with Crippen LogP contribution in [-0.2, 0) is 28.4 Å². The molecule has 1 aliphatic heterocycles. The van der Waals surface area contributed by atoms with Gasteiger partial charge in [0.2, 0.25) is 5.95 Å². The van der Waals surface area contributed by atoms with E-state index in [0.717, 1.165) is 6.20 Å². The van der Waals surface area contributed by atoms with E-state index in [1.165, 1.54) is 38.3 Å². The van der Waals surface area contributed by atoms with E-state index in [2.05, 4.69) is 20.4 Å². The molecule has 3 aromatic rings. The third kappa shape index (κ3) is 8.63. The topological polar surface area (TPSA) is 135 Å². The normalized spacial score (nSPS) is 22.4. The number of aliphatic hydroxyl groups is 1. The number of carbonyl (C=O) groups excluding carboxylic acids is 1. The number of hydrogen-bond acceptors (Lipinski definition) is 10. The number of carbonyl (C=O) groups is 1. The van der Waals surface area contributed by atoms with Crippen molar-refractivity contribution < 1.29 is 56.7 Å². The summed E-state index contributed by atoms with van der Waals surface area (Å²) in [5.74, 6) is -2.67. The van der Waals surface area contributed by atoms with Gasteiger partial charge in [0.1, 0.15) is 11.3 Å². The molecule has 0 aliphatic carbocycles. The molecule has 18 heteroatoms. The molecule has 1 amide bonds. The maximum atomic E-state index is 14.0. The van der Waals surface area contributed by atoms with Gasteiger partial charge >= 0.3 is 12.4 Å². The lowest BCUT2D eigenvalue weighted by atomic mass is 10.2. The zero-order valence-electron chi connectivity index (χ0n) is 31.8. The standard InChI is InChI=1S/C28H31F6N7O5/c1-17(38-21-13-37-41(25(44)23(21)28(32,33)34)14-18-3-5-20(45-2)6-4-18)15-46-16-22(42)24(43)39-7-9-40(10-8-39)26-35-11-19(12-36-26)27(29,30)31/h3-6,11-13,17,22,38,42H,7-10,14-16H2,1-2H3/i7D2,8D2,9D2,10D2. The highest BCUT2D eigenvalue weighted by Crippen LogP contribution is 2.32. The second-order valence-electron chi connectivity index (χ2n) is 9.57. The van der Waals surface area contributed by atoms with Gasteiger partial charge in [-0.15, -0.1) is 0 Å². The molecule has 46 heavy (non-hydrogen) atoms. The molecule has 2 N–H and O–H groups in total. The van der Waals surface area contributed by atoms with Crippen molar-refractivity contribution in [3.63, 3.8) is 0 Å². The van der Waals surface area contributed by atoms with Crippen LogP contribution in [0.25, 0.3) is 0 Å². The fraction of sp³-hybridized carbons (Fsp3) is 0.464. The number of nitrogens with one attached hydrogen (secondary N) is 1. The van der Waals surface area contributed by atoms with E-state index in [1.807, 2.05) is 0 Å². The van der Waals surface area contributed by atoms with Crippen LogP contribution in [0.15, 0.2) is 47.7 Å². The van der Waals surface area contributed by atoms with Crippen molar-refractivity contribution in [1.82, 2.24) is 24.6 Å². The third-order valence-electron chi connectivity index (χ3n) is 6.08. The Morgan fingerprint density at radius 1 is 1.02 bits per heavy atom. The number of aliphatic hydroxyl groups excluding tert-OH is 1. The summed E-state index contributed by atoms with van der Waals surface area (Å²) in [5.41, 5.74) is -4.82. The van der Waals surface area contributed by atoms with Crippen LogP contribution in [0.1, 0.15) is 34.6 Å². The predicted molar refractivity (Wildman–Crippen MR) is 151 cm³/mol. The van der Waals surface area contributed by atoms with Gasteiger partial charge in [0.25, 0.3) is 11.5 Å². The number of methoxy groups -OCH3 is 1. The number of aromatic nitrogens is 4. The molecule has 3 heterocycles. The van der Waals surface area contributed by atoms with Crippen molar-refractivity contribution in [3.8, 4) is 5.75 Å². The Bertz CT molecular complexity index is 1860. The third-order valence-corrected chi connectivity index (χ3v) is 6.08. The highest BCUT2D eigenvalue weighted by atomic mass is 19.4. The van der Waals surface area contributed by atoms with Gasteiger partial charge in [0.15, 0.2) is 6.10 Å². The highest BCUT2D eigenvalue weighted by molar-refractivity contribution is 5.81. The maximum Gasteiger partial charge on any atom is 0.423 e. The van der Waals surface area contributed by atoms with E-state index >= 15 is 0 Å². The van der Waals surface area contributed by atoms with Gasteiger partial charge < -0.3 is 29.7 Å². The molecule has 12 nitrogen and oxygen atoms in total. The fourth-order valence-corrected chi connectivity index (χ4v) is 3.82. The Hall–Kier alpha value is -4.45. The van der Waals surface area contributed by atoms with Crippen LogP contribution in [0.3, 0.4) is 0 Å². The summed E-state index contributed by atoms with van der Waals surface area (Å²) in [4.78, 5) is 31.8. The summed E-state index contributed by atoms with van der Waals surface area (Å²) in [6.07, 6.45) is -11.6. The van der Waals surface area contributed by atoms with Crippen molar-refractivity contribution >= 4 is 17.5 Å². The number of ether oxygens (including phenoxy) is 2. The number of rotatable bonds is 11. The summed E-state index contributed by atoms with van der Waals surface area (Å²) in [7, 11) is 1.42. The van der Waals surface area contributed by atoms with E-state index in [1.54, 1.807) is 0 Å². The summed E-state index contributed by atoms with van der Waals surface area (Å²) < 4.78 is 159. The summed E-state index contributed by atoms with van der Waals surface area (Å²) in [6.45, 7) is -16.1. The number of hydrogen-bond donors (Lipinski definition) is 2. The number of nitrogens with zero attached hydrogens (tertiary/aromatic N) is 6. The Morgan fingerprint density at radius 3 is 2.22 bits per heavy atom. The Kier molecular flexibility index (Phi) is 7.70. The molecule has 1 aliphatic rings. The lowest BCUT2D eigenvalue weighted by molar-refractivity contribution is -0.144. The van der Waals surface area contributed by atoms with Crippen LogP contribution >= 0.6 is 0 Å². The lowest BCUT2D eigenvalue weighted by Crippen LogP contribution is -2.52. The van der Waals surface area contributed by atoms with Crippen molar-refractivity contribution in [1.29, 1.82) is 0 Å². The van der Waals surface area contributed by atoms with E-state index < -0.39 is 103 Å². The predicted octanol–water partition coefficient (Wildman–Crippen LogP) is 2.65. The summed E-state index contributed by atoms with van der Waals surface area (Å²) >= 11 is 0. The van der Waals surface area contributed by atoms with Gasteiger partial charge in [0.05, 0.1) is 55.3 Å². The monoisotopic (exact) mass is 667 g/mol. The first-order valence-corrected chi connectivity index (χ1v) is 13.1. The van der Waals surface area contributed by atoms with Gasteiger partial charge in [-0.3, -0.25) is 9.59 Å². The molecule has 250 valence electrons. The number of benzene rings is 1. The molecule has 1 aromatic carbocycles. The van der Waals surface area contributed by atoms with Gasteiger partial charge in [-0.1, -0.05) is 12.1 Å². The zero-order valence-corrected chi connectivity index (χ0v) is 23.8. The van der Waals surface area contributed by atoms with Gasteiger partial charge in [0, 0.05) is 44.4 Å². The minimum absolute atomic E-state index is 0.131. The van der Waals surface area contributed by atoms with Crippen molar-refractivity contribution in [3.05, 3.63) is 69.9 Å². The first-order chi connectivity index (χ1) is 24.7. The molecule has 0 spiro atoms. The molecule has 2 unspecified atom stereocenters. The SMILES string of the molecule is [2H]C1([2H])N(C(=O)C(O)COCC(C)Nc2cnn(Cc3ccc(OC)cc3)c(=O)c2C(F)(F)F)C([2H])([2H])C([2H])([2H])N(c2ncc(C(F)(F)F)cn2)C1([2H])[2H]. The molecule has 1 fully saturated rings. The van der Waals surface area contributed by atoms with E-state index in [9.17, 15) is 41.0 Å². The fourth-order valence-electron chi connectivity index (χ4n) is 3.82. The largest absolute Gasteiger partial charge is 0.497 e. The van der Waals surface area contributed by atoms with Crippen LogP contribution in [-0.4, -0.2) is 94.1 Å². The molecule has 4 rings (SSSR count). The first-order valence-electron chi connectivity index (χ1n) is 17.1. The smallest absolute Gasteiger partial charge is 0.423 e. The second-order valence-corrected chi connectivity index (χ2v) is 9.57. The number of piperazine rings is 1. The summed E-state index contributed by atoms with van der Waals surface area (Å²) in [5, 5.41) is 16.8. The molecule has 0 saturated carbocycles. The first kappa shape index (κ1) is 24.7. The van der Waals surface area contributed by atoms with Gasteiger partial charge in [-0.2, -0.15) is 31.4 Å². The molecule has 0 radical (unpaired) electrons. The van der Waals surface area contributed by atoms with Crippen LogP contribution in [0, 0.1) is 0 Å². The molecular formula is C28H31F6N7O5.